The molecule has 5 nitrogen and oxygen atoms in total. The minimum absolute atomic E-state index is 0.0616. The molecule has 2 aliphatic heterocycles. The number of fused-ring (bicyclic) bond motifs is 1. The lowest BCUT2D eigenvalue weighted by atomic mass is 9.87. The SMILES string of the molecule is Cc1cccc(CN2C[C@H]3[C@H](C(=O)Nc4ccccc4)CCS(=O)(=O)[C@H]3C2)c1. The van der Waals surface area contributed by atoms with E-state index in [1.54, 1.807) is 0 Å². The average molecular weight is 399 g/mol. The molecular weight excluding hydrogens is 372 g/mol. The Bertz CT molecular complexity index is 959. The lowest BCUT2D eigenvalue weighted by Crippen LogP contribution is -2.45. The zero-order valence-corrected chi connectivity index (χ0v) is 16.9. The number of likely N-dealkylation sites (tertiary alicyclic amines) is 1. The maximum atomic E-state index is 12.9. The van der Waals surface area contributed by atoms with Gasteiger partial charge in [-0.1, -0.05) is 48.0 Å². The van der Waals surface area contributed by atoms with Crippen LogP contribution in [-0.2, 0) is 21.2 Å². The second-order valence-corrected chi connectivity index (χ2v) is 10.3. The van der Waals surface area contributed by atoms with Gasteiger partial charge in [-0.15, -0.1) is 0 Å². The molecule has 148 valence electrons. The van der Waals surface area contributed by atoms with Gasteiger partial charge in [-0.3, -0.25) is 9.69 Å². The summed E-state index contributed by atoms with van der Waals surface area (Å²) in [4.78, 5) is 15.1. The zero-order valence-electron chi connectivity index (χ0n) is 16.0. The quantitative estimate of drug-likeness (QED) is 0.860. The van der Waals surface area contributed by atoms with Crippen molar-refractivity contribution in [3.8, 4) is 0 Å². The topological polar surface area (TPSA) is 66.5 Å². The summed E-state index contributed by atoms with van der Waals surface area (Å²) in [5.41, 5.74) is 3.13. The Morgan fingerprint density at radius 1 is 1.11 bits per heavy atom. The number of aryl methyl sites for hydroxylation is 1. The van der Waals surface area contributed by atoms with Gasteiger partial charge in [0.2, 0.25) is 5.91 Å². The smallest absolute Gasteiger partial charge is 0.227 e. The highest BCUT2D eigenvalue weighted by Gasteiger charge is 2.50. The van der Waals surface area contributed by atoms with Crippen molar-refractivity contribution in [2.24, 2.45) is 11.8 Å². The summed E-state index contributed by atoms with van der Waals surface area (Å²) in [5.74, 6) is -0.378. The minimum atomic E-state index is -3.15. The van der Waals surface area contributed by atoms with E-state index in [0.29, 0.717) is 19.5 Å². The largest absolute Gasteiger partial charge is 0.326 e. The number of para-hydroxylation sites is 1. The molecule has 28 heavy (non-hydrogen) atoms. The van der Waals surface area contributed by atoms with E-state index < -0.39 is 15.1 Å². The van der Waals surface area contributed by atoms with Crippen molar-refractivity contribution in [3.05, 3.63) is 65.7 Å². The Balaban J connectivity index is 1.51. The maximum Gasteiger partial charge on any atom is 0.227 e. The van der Waals surface area contributed by atoms with Crippen LogP contribution in [0.25, 0.3) is 0 Å². The molecule has 2 saturated heterocycles. The van der Waals surface area contributed by atoms with E-state index >= 15 is 0 Å². The maximum absolute atomic E-state index is 12.9. The molecule has 0 spiro atoms. The van der Waals surface area contributed by atoms with Crippen LogP contribution in [0.1, 0.15) is 17.5 Å². The van der Waals surface area contributed by atoms with Crippen LogP contribution in [0.15, 0.2) is 54.6 Å². The number of nitrogens with zero attached hydrogens (tertiary/aromatic N) is 1. The molecule has 2 fully saturated rings. The van der Waals surface area contributed by atoms with E-state index in [1.807, 2.05) is 36.4 Å². The van der Waals surface area contributed by atoms with Crippen LogP contribution in [0, 0.1) is 18.8 Å². The first-order valence-electron chi connectivity index (χ1n) is 9.78. The van der Waals surface area contributed by atoms with Crippen molar-refractivity contribution in [2.75, 3.05) is 24.2 Å². The summed E-state index contributed by atoms with van der Waals surface area (Å²) < 4.78 is 25.4. The second-order valence-electron chi connectivity index (χ2n) is 8.00. The number of rotatable bonds is 4. The van der Waals surface area contributed by atoms with Gasteiger partial charge in [0, 0.05) is 37.2 Å². The molecule has 2 aromatic rings. The number of amides is 1. The Kier molecular flexibility index (Phi) is 5.25. The summed E-state index contributed by atoms with van der Waals surface area (Å²) in [5, 5.41) is 2.52. The first-order chi connectivity index (χ1) is 13.4. The number of sulfone groups is 1. The summed E-state index contributed by atoms with van der Waals surface area (Å²) in [6.45, 7) is 3.93. The fourth-order valence-corrected chi connectivity index (χ4v) is 6.71. The molecule has 3 atom stereocenters. The van der Waals surface area contributed by atoms with E-state index in [0.717, 1.165) is 12.2 Å². The van der Waals surface area contributed by atoms with Gasteiger partial charge in [-0.05, 0) is 31.0 Å². The molecule has 0 bridgehead atoms. The Hall–Kier alpha value is -2.18. The Morgan fingerprint density at radius 3 is 2.64 bits per heavy atom. The number of carbonyl (C=O) groups excluding carboxylic acids is 1. The molecule has 0 unspecified atom stereocenters. The number of anilines is 1. The summed E-state index contributed by atoms with van der Waals surface area (Å²) in [6, 6.07) is 17.7. The van der Waals surface area contributed by atoms with E-state index in [1.165, 1.54) is 11.1 Å². The van der Waals surface area contributed by atoms with Crippen molar-refractivity contribution < 1.29 is 13.2 Å². The molecule has 6 heteroatoms. The normalized spacial score (nSPS) is 26.5. The molecule has 1 N–H and O–H groups in total. The van der Waals surface area contributed by atoms with Crippen LogP contribution in [-0.4, -0.2) is 43.3 Å². The molecule has 0 aliphatic carbocycles. The predicted molar refractivity (Wildman–Crippen MR) is 111 cm³/mol. The molecule has 2 aliphatic rings. The molecule has 2 heterocycles. The number of hydrogen-bond donors (Lipinski definition) is 1. The zero-order chi connectivity index (χ0) is 19.7. The fourth-order valence-electron chi connectivity index (χ4n) is 4.58. The lowest BCUT2D eigenvalue weighted by Gasteiger charge is -2.31. The van der Waals surface area contributed by atoms with Gasteiger partial charge >= 0.3 is 0 Å². The Morgan fingerprint density at radius 2 is 1.89 bits per heavy atom. The molecule has 0 saturated carbocycles. The van der Waals surface area contributed by atoms with Crippen LogP contribution < -0.4 is 5.32 Å². The summed E-state index contributed by atoms with van der Waals surface area (Å²) in [6.07, 6.45) is 0.403. The van der Waals surface area contributed by atoms with E-state index in [2.05, 4.69) is 35.3 Å². The fraction of sp³-hybridized carbons (Fsp3) is 0.409. The van der Waals surface area contributed by atoms with Gasteiger partial charge in [-0.2, -0.15) is 0 Å². The van der Waals surface area contributed by atoms with Crippen LogP contribution >= 0.6 is 0 Å². The van der Waals surface area contributed by atoms with Crippen molar-refractivity contribution in [3.63, 3.8) is 0 Å². The second kappa shape index (κ2) is 7.68. The first-order valence-corrected chi connectivity index (χ1v) is 11.5. The number of hydrogen-bond acceptors (Lipinski definition) is 4. The summed E-state index contributed by atoms with van der Waals surface area (Å²) >= 11 is 0. The highest BCUT2D eigenvalue weighted by molar-refractivity contribution is 7.92. The third kappa shape index (κ3) is 3.98. The third-order valence-electron chi connectivity index (χ3n) is 5.94. The number of nitrogens with one attached hydrogen (secondary N) is 1. The van der Waals surface area contributed by atoms with Gasteiger partial charge in [0.25, 0.3) is 0 Å². The van der Waals surface area contributed by atoms with Crippen LogP contribution in [0.3, 0.4) is 0 Å². The van der Waals surface area contributed by atoms with Crippen molar-refractivity contribution in [1.82, 2.24) is 4.90 Å². The first kappa shape index (κ1) is 19.2. The number of benzene rings is 2. The van der Waals surface area contributed by atoms with Crippen LogP contribution in [0.2, 0.25) is 0 Å². The lowest BCUT2D eigenvalue weighted by molar-refractivity contribution is -0.121. The monoisotopic (exact) mass is 398 g/mol. The van der Waals surface area contributed by atoms with Gasteiger partial charge in [-0.25, -0.2) is 8.42 Å². The van der Waals surface area contributed by atoms with Crippen LogP contribution in [0.5, 0.6) is 0 Å². The number of carbonyl (C=O) groups is 1. The van der Waals surface area contributed by atoms with Gasteiger partial charge < -0.3 is 5.32 Å². The summed E-state index contributed by atoms with van der Waals surface area (Å²) in [7, 11) is -3.15. The van der Waals surface area contributed by atoms with Gasteiger partial charge in [0.05, 0.1) is 11.0 Å². The van der Waals surface area contributed by atoms with Crippen molar-refractivity contribution >= 4 is 21.4 Å². The average Bonchev–Trinajstić information content (AvgIpc) is 3.07. The van der Waals surface area contributed by atoms with Crippen LogP contribution in [0.4, 0.5) is 5.69 Å². The molecule has 0 radical (unpaired) electrons. The van der Waals surface area contributed by atoms with Crippen molar-refractivity contribution in [2.45, 2.75) is 25.1 Å². The predicted octanol–water partition coefficient (Wildman–Crippen LogP) is 2.87. The van der Waals surface area contributed by atoms with E-state index in [-0.39, 0.29) is 23.5 Å². The molecule has 1 amide bonds. The van der Waals surface area contributed by atoms with E-state index in [9.17, 15) is 13.2 Å². The van der Waals surface area contributed by atoms with Gasteiger partial charge in [0.1, 0.15) is 0 Å². The molecule has 0 aromatic heterocycles. The standard InChI is InChI=1S/C22H26N2O3S/c1-16-6-5-7-17(12-16)13-24-14-20-19(10-11-28(26,27)21(20)15-24)22(25)23-18-8-3-2-4-9-18/h2-9,12,19-21H,10-11,13-15H2,1H3,(H,23,25)/t19-,20+,21+/m1/s1. The van der Waals surface area contributed by atoms with Gasteiger partial charge in [0.15, 0.2) is 9.84 Å². The third-order valence-corrected chi connectivity index (χ3v) is 8.17. The molecule has 4 rings (SSSR count). The van der Waals surface area contributed by atoms with E-state index in [4.69, 9.17) is 0 Å². The highest BCUT2D eigenvalue weighted by atomic mass is 32.2. The Labute approximate surface area is 166 Å². The van der Waals surface area contributed by atoms with Crippen molar-refractivity contribution in [1.29, 1.82) is 0 Å². The highest BCUT2D eigenvalue weighted by Crippen LogP contribution is 2.38. The molecule has 2 aromatic carbocycles. The molecular formula is C22H26N2O3S. The minimum Gasteiger partial charge on any atom is -0.326 e.